The first-order chi connectivity index (χ1) is 15.9. The number of benzene rings is 2. The monoisotopic (exact) mass is 513 g/mol. The van der Waals surface area contributed by atoms with E-state index in [0.29, 0.717) is 28.3 Å². The Labute approximate surface area is 198 Å². The van der Waals surface area contributed by atoms with Crippen molar-refractivity contribution in [3.63, 3.8) is 0 Å². The lowest BCUT2D eigenvalue weighted by Gasteiger charge is -2.24. The van der Waals surface area contributed by atoms with Crippen LogP contribution >= 0.6 is 11.6 Å². The summed E-state index contributed by atoms with van der Waals surface area (Å²) in [5.74, 6) is -0.975. The molecule has 2 heterocycles. The van der Waals surface area contributed by atoms with Gasteiger partial charge in [-0.05, 0) is 49.7 Å². The van der Waals surface area contributed by atoms with Crippen LogP contribution in [0.5, 0.6) is 0 Å². The number of anilines is 1. The smallest absolute Gasteiger partial charge is 0.417 e. The first-order valence-corrected chi connectivity index (χ1v) is 12.0. The molecule has 1 aromatic heterocycles. The van der Waals surface area contributed by atoms with Crippen molar-refractivity contribution in [2.45, 2.75) is 35.7 Å². The quantitative estimate of drug-likeness (QED) is 0.545. The fourth-order valence-corrected chi connectivity index (χ4v) is 6.14. The molecule has 0 spiro atoms. The predicted octanol–water partition coefficient (Wildman–Crippen LogP) is 4.36. The van der Waals surface area contributed by atoms with Crippen LogP contribution in [0, 0.1) is 6.92 Å². The molecule has 12 heteroatoms. The number of carbonyl (C=O) groups is 1. The van der Waals surface area contributed by atoms with Crippen molar-refractivity contribution < 1.29 is 31.5 Å². The summed E-state index contributed by atoms with van der Waals surface area (Å²) < 4.78 is 68.5. The minimum atomic E-state index is -4.88. The number of aryl methyl sites for hydroxylation is 1. The summed E-state index contributed by atoms with van der Waals surface area (Å²) in [6.07, 6.45) is -5.26. The maximum Gasteiger partial charge on any atom is 0.417 e. The lowest BCUT2D eigenvalue weighted by molar-refractivity contribution is -0.140. The van der Waals surface area contributed by atoms with Gasteiger partial charge in [0.25, 0.3) is 0 Å². The molecular weight excluding hydrogens is 495 g/mol. The second kappa shape index (κ2) is 8.62. The largest absolute Gasteiger partial charge is 0.480 e. The molecule has 0 amide bonds. The summed E-state index contributed by atoms with van der Waals surface area (Å²) in [5.41, 5.74) is -0.171. The summed E-state index contributed by atoms with van der Waals surface area (Å²) in [6, 6.07) is 10.8. The van der Waals surface area contributed by atoms with Crippen LogP contribution in [-0.4, -0.2) is 47.1 Å². The van der Waals surface area contributed by atoms with Gasteiger partial charge in [-0.15, -0.1) is 0 Å². The fourth-order valence-electron chi connectivity index (χ4n) is 4.10. The number of nitrogens with zero attached hydrogens (tertiary/aromatic N) is 3. The van der Waals surface area contributed by atoms with E-state index in [1.165, 1.54) is 15.6 Å². The number of hydrogen-bond acceptors (Lipinski definition) is 5. The third-order valence-corrected chi connectivity index (χ3v) is 8.10. The molecule has 1 saturated heterocycles. The molecule has 4 rings (SSSR count). The molecule has 7 nitrogen and oxygen atoms in total. The van der Waals surface area contributed by atoms with Gasteiger partial charge < -0.3 is 10.0 Å². The van der Waals surface area contributed by atoms with Crippen molar-refractivity contribution in [2.75, 3.05) is 11.4 Å². The number of aromatic nitrogens is 2. The SMILES string of the molecule is Cc1cc(N2CC(S(=O)(=O)c3ccccc3C(F)(F)F)CC2C(=O)O)n(-c2ccc(Cl)cc2)n1. The highest BCUT2D eigenvalue weighted by molar-refractivity contribution is 7.92. The Balaban J connectivity index is 1.76. The molecule has 1 fully saturated rings. The Morgan fingerprint density at radius 1 is 1.15 bits per heavy atom. The second-order valence-electron chi connectivity index (χ2n) is 7.94. The van der Waals surface area contributed by atoms with Gasteiger partial charge in [0.1, 0.15) is 11.9 Å². The predicted molar refractivity (Wildman–Crippen MR) is 119 cm³/mol. The Hall–Kier alpha value is -3.05. The first-order valence-electron chi connectivity index (χ1n) is 10.1. The van der Waals surface area contributed by atoms with Crippen LogP contribution in [0.2, 0.25) is 5.02 Å². The first kappa shape index (κ1) is 24.1. The number of carboxylic acid groups (broad SMARTS) is 1. The molecule has 2 aromatic carbocycles. The minimum Gasteiger partial charge on any atom is -0.480 e. The highest BCUT2D eigenvalue weighted by Gasteiger charge is 2.47. The molecule has 2 atom stereocenters. The van der Waals surface area contributed by atoms with Crippen LogP contribution in [0.25, 0.3) is 5.69 Å². The molecule has 1 aliphatic heterocycles. The van der Waals surface area contributed by atoms with Gasteiger partial charge >= 0.3 is 12.1 Å². The van der Waals surface area contributed by atoms with Gasteiger partial charge in [0, 0.05) is 17.6 Å². The Morgan fingerprint density at radius 2 is 1.79 bits per heavy atom. The zero-order valence-corrected chi connectivity index (χ0v) is 19.3. The van der Waals surface area contributed by atoms with Crippen LogP contribution in [0.4, 0.5) is 19.0 Å². The van der Waals surface area contributed by atoms with Crippen molar-refractivity contribution in [1.82, 2.24) is 9.78 Å². The summed E-state index contributed by atoms with van der Waals surface area (Å²) in [6.45, 7) is 1.37. The van der Waals surface area contributed by atoms with Crippen molar-refractivity contribution in [1.29, 1.82) is 0 Å². The van der Waals surface area contributed by atoms with Crippen LogP contribution in [0.1, 0.15) is 17.7 Å². The summed E-state index contributed by atoms with van der Waals surface area (Å²) in [5, 5.41) is 13.3. The van der Waals surface area contributed by atoms with Crippen molar-refractivity contribution >= 4 is 33.2 Å². The van der Waals surface area contributed by atoms with Crippen LogP contribution in [-0.2, 0) is 20.8 Å². The molecule has 2 unspecified atom stereocenters. The molecule has 1 N–H and O–H groups in total. The lowest BCUT2D eigenvalue weighted by atomic mass is 10.2. The third-order valence-electron chi connectivity index (χ3n) is 5.66. The number of aliphatic carboxylic acids is 1. The minimum absolute atomic E-state index is 0.314. The second-order valence-corrected chi connectivity index (χ2v) is 10.6. The standard InChI is InChI=1S/C22H19ClF3N3O4S/c1-13-10-20(29(27-13)15-8-6-14(23)7-9-15)28-12-16(11-18(28)21(30)31)34(32,33)19-5-3-2-4-17(19)22(24,25)26/h2-10,16,18H,11-12H2,1H3,(H,30,31). The van der Waals surface area contributed by atoms with Gasteiger partial charge in [0.05, 0.1) is 27.1 Å². The Morgan fingerprint density at radius 3 is 2.41 bits per heavy atom. The highest BCUT2D eigenvalue weighted by atomic mass is 35.5. The normalized spacial score (nSPS) is 18.9. The van der Waals surface area contributed by atoms with Gasteiger partial charge in [0.2, 0.25) is 0 Å². The van der Waals surface area contributed by atoms with Crippen LogP contribution in [0.3, 0.4) is 0 Å². The number of halogens is 4. The number of rotatable bonds is 5. The molecule has 0 aliphatic carbocycles. The molecular formula is C22H19ClF3N3O4S. The Kier molecular flexibility index (Phi) is 6.11. The van der Waals surface area contributed by atoms with Gasteiger partial charge in [-0.1, -0.05) is 23.7 Å². The lowest BCUT2D eigenvalue weighted by Crippen LogP contribution is -2.37. The van der Waals surface area contributed by atoms with E-state index in [9.17, 15) is 31.5 Å². The van der Waals surface area contributed by atoms with E-state index in [1.54, 1.807) is 37.3 Å². The zero-order chi connectivity index (χ0) is 24.8. The number of carboxylic acids is 1. The van der Waals surface area contributed by atoms with Crippen molar-refractivity contribution in [3.8, 4) is 5.69 Å². The molecule has 0 radical (unpaired) electrons. The van der Waals surface area contributed by atoms with E-state index in [-0.39, 0.29) is 13.0 Å². The topological polar surface area (TPSA) is 92.5 Å². The molecule has 34 heavy (non-hydrogen) atoms. The van der Waals surface area contributed by atoms with E-state index >= 15 is 0 Å². The van der Waals surface area contributed by atoms with E-state index in [2.05, 4.69) is 5.10 Å². The van der Waals surface area contributed by atoms with Gasteiger partial charge in [-0.25, -0.2) is 17.9 Å². The third kappa shape index (κ3) is 4.37. The van der Waals surface area contributed by atoms with Crippen LogP contribution in [0.15, 0.2) is 59.5 Å². The fraction of sp³-hybridized carbons (Fsp3) is 0.273. The van der Waals surface area contributed by atoms with Crippen molar-refractivity contribution in [3.05, 3.63) is 70.9 Å². The molecule has 1 aliphatic rings. The van der Waals surface area contributed by atoms with Crippen LogP contribution < -0.4 is 4.90 Å². The Bertz CT molecular complexity index is 1340. The molecule has 180 valence electrons. The molecule has 0 saturated carbocycles. The molecule has 3 aromatic rings. The number of sulfone groups is 1. The number of alkyl halides is 3. The van der Waals surface area contributed by atoms with Gasteiger partial charge in [0.15, 0.2) is 9.84 Å². The van der Waals surface area contributed by atoms with E-state index in [0.717, 1.165) is 12.1 Å². The maximum absolute atomic E-state index is 13.5. The summed E-state index contributed by atoms with van der Waals surface area (Å²) in [7, 11) is -4.51. The van der Waals surface area contributed by atoms with E-state index in [1.807, 2.05) is 0 Å². The van der Waals surface area contributed by atoms with E-state index < -0.39 is 43.7 Å². The average molecular weight is 514 g/mol. The highest BCUT2D eigenvalue weighted by Crippen LogP contribution is 2.39. The average Bonchev–Trinajstić information content (AvgIpc) is 3.38. The zero-order valence-electron chi connectivity index (χ0n) is 17.7. The molecule has 0 bridgehead atoms. The maximum atomic E-state index is 13.5. The summed E-state index contributed by atoms with van der Waals surface area (Å²) in [4.78, 5) is 12.6. The van der Waals surface area contributed by atoms with Gasteiger partial charge in [-0.3, -0.25) is 0 Å². The van der Waals surface area contributed by atoms with Crippen molar-refractivity contribution in [2.24, 2.45) is 0 Å². The van der Waals surface area contributed by atoms with Gasteiger partial charge in [-0.2, -0.15) is 18.3 Å². The number of hydrogen-bond donors (Lipinski definition) is 1. The summed E-state index contributed by atoms with van der Waals surface area (Å²) >= 11 is 5.94. The van der Waals surface area contributed by atoms with E-state index in [4.69, 9.17) is 11.6 Å².